The second-order valence-corrected chi connectivity index (χ2v) is 9.11. The third kappa shape index (κ3) is 6.07. The zero-order chi connectivity index (χ0) is 24.8. The monoisotopic (exact) mass is 604 g/mol. The Morgan fingerprint density at radius 2 is 1.71 bits per heavy atom. The molecule has 1 aliphatic heterocycles. The van der Waals surface area contributed by atoms with Gasteiger partial charge < -0.3 is 14.2 Å². The molecule has 1 fully saturated rings. The molecule has 0 aliphatic carbocycles. The number of carbonyl (C=O) groups is 2. The summed E-state index contributed by atoms with van der Waals surface area (Å²) in [4.78, 5) is 25.3. The highest BCUT2D eigenvalue weighted by molar-refractivity contribution is 14.1. The minimum Gasteiger partial charge on any atom is -0.493 e. The predicted molar refractivity (Wildman–Crippen MR) is 143 cm³/mol. The Morgan fingerprint density at radius 3 is 2.43 bits per heavy atom. The maximum atomic E-state index is 12.8. The minimum atomic E-state index is -0.464. The fraction of sp³-hybridized carbons (Fsp3) is 0.154. The van der Waals surface area contributed by atoms with Gasteiger partial charge in [0.15, 0.2) is 11.5 Å². The van der Waals surface area contributed by atoms with Crippen molar-refractivity contribution in [3.63, 3.8) is 0 Å². The Morgan fingerprint density at radius 1 is 1.00 bits per heavy atom. The van der Waals surface area contributed by atoms with Gasteiger partial charge in [0.2, 0.25) is 0 Å². The van der Waals surface area contributed by atoms with Crippen LogP contribution in [-0.4, -0.2) is 32.1 Å². The Labute approximate surface area is 221 Å². The van der Waals surface area contributed by atoms with Crippen LogP contribution in [0.15, 0.2) is 72.3 Å². The van der Waals surface area contributed by atoms with Crippen molar-refractivity contribution in [1.82, 2.24) is 5.43 Å². The first-order valence-corrected chi connectivity index (χ1v) is 12.2. The number of para-hydroxylation sites is 1. The highest BCUT2D eigenvalue weighted by Gasteiger charge is 2.34. The van der Waals surface area contributed by atoms with Crippen LogP contribution in [0.5, 0.6) is 17.2 Å². The standard InChI is InChI=1S/C26H22ClIN2O5/c1-33-23-16-17(14-21-25(31)29-30(26(21)32)19-6-3-2-4-7-19)15-22(28)24(23)35-13-5-12-34-20-10-8-18(27)9-11-20/h2-4,6-11,14-16H,5,12-13H2,1H3,(H,29,31)/b21-14+. The molecule has 0 spiro atoms. The van der Waals surface area contributed by atoms with E-state index in [1.165, 1.54) is 5.01 Å². The molecule has 0 radical (unpaired) electrons. The van der Waals surface area contributed by atoms with Crippen molar-refractivity contribution in [2.45, 2.75) is 6.42 Å². The molecule has 0 unspecified atom stereocenters. The van der Waals surface area contributed by atoms with Crippen molar-refractivity contribution in [2.24, 2.45) is 0 Å². The first-order valence-electron chi connectivity index (χ1n) is 10.8. The fourth-order valence-corrected chi connectivity index (χ4v) is 4.31. The number of hydrogen-bond acceptors (Lipinski definition) is 5. The number of anilines is 1. The summed E-state index contributed by atoms with van der Waals surface area (Å²) in [6, 6.07) is 19.7. The van der Waals surface area contributed by atoms with Gasteiger partial charge in [-0.3, -0.25) is 15.0 Å². The number of rotatable bonds is 9. The summed E-state index contributed by atoms with van der Waals surface area (Å²) in [6.45, 7) is 0.910. The van der Waals surface area contributed by atoms with E-state index in [0.717, 1.165) is 9.32 Å². The number of methoxy groups -OCH3 is 1. The van der Waals surface area contributed by atoms with Crippen molar-refractivity contribution < 1.29 is 23.8 Å². The lowest BCUT2D eigenvalue weighted by Gasteiger charge is -2.14. The van der Waals surface area contributed by atoms with E-state index in [1.807, 2.05) is 24.3 Å². The van der Waals surface area contributed by atoms with Crippen LogP contribution in [-0.2, 0) is 9.59 Å². The number of benzene rings is 3. The largest absolute Gasteiger partial charge is 0.493 e. The van der Waals surface area contributed by atoms with Crippen molar-refractivity contribution in [2.75, 3.05) is 25.3 Å². The third-order valence-corrected chi connectivity index (χ3v) is 6.14. The number of carbonyl (C=O) groups excluding carboxylic acids is 2. The molecule has 0 saturated carbocycles. The lowest BCUT2D eigenvalue weighted by atomic mass is 10.1. The van der Waals surface area contributed by atoms with Gasteiger partial charge in [0.25, 0.3) is 11.8 Å². The molecule has 1 N–H and O–H groups in total. The number of amides is 2. The van der Waals surface area contributed by atoms with Gasteiger partial charge in [0.05, 0.1) is 29.6 Å². The first kappa shape index (κ1) is 24.9. The average Bonchev–Trinajstić information content (AvgIpc) is 3.14. The lowest BCUT2D eigenvalue weighted by Crippen LogP contribution is -2.35. The van der Waals surface area contributed by atoms with Crippen molar-refractivity contribution in [3.05, 3.63) is 86.5 Å². The highest BCUT2D eigenvalue weighted by atomic mass is 127. The molecule has 2 amide bonds. The number of hydrazine groups is 1. The van der Waals surface area contributed by atoms with Gasteiger partial charge in [0.1, 0.15) is 11.3 Å². The maximum Gasteiger partial charge on any atom is 0.282 e. The molecule has 0 atom stereocenters. The van der Waals surface area contributed by atoms with Crippen molar-refractivity contribution >= 4 is 57.8 Å². The van der Waals surface area contributed by atoms with Gasteiger partial charge in [-0.1, -0.05) is 29.8 Å². The molecule has 4 rings (SSSR count). The number of nitrogens with zero attached hydrogens (tertiary/aromatic N) is 1. The molecule has 1 aliphatic rings. The molecule has 7 nitrogen and oxygen atoms in total. The Kier molecular flexibility index (Phi) is 8.14. The van der Waals surface area contributed by atoms with Gasteiger partial charge in [-0.15, -0.1) is 0 Å². The number of ether oxygens (including phenoxy) is 3. The molecule has 3 aromatic rings. The maximum absolute atomic E-state index is 12.8. The van der Waals surface area contributed by atoms with Gasteiger partial charge in [-0.25, -0.2) is 5.01 Å². The van der Waals surface area contributed by atoms with E-state index >= 15 is 0 Å². The van der Waals surface area contributed by atoms with Crippen molar-refractivity contribution in [1.29, 1.82) is 0 Å². The van der Waals surface area contributed by atoms with Crippen LogP contribution in [0.2, 0.25) is 5.02 Å². The lowest BCUT2D eigenvalue weighted by molar-refractivity contribution is -0.117. The van der Waals surface area contributed by atoms with Crippen LogP contribution in [0.25, 0.3) is 6.08 Å². The highest BCUT2D eigenvalue weighted by Crippen LogP contribution is 2.35. The number of hydrogen-bond donors (Lipinski definition) is 1. The van der Waals surface area contributed by atoms with Gasteiger partial charge >= 0.3 is 0 Å². The van der Waals surface area contributed by atoms with Crippen LogP contribution in [0.1, 0.15) is 12.0 Å². The zero-order valence-electron chi connectivity index (χ0n) is 18.8. The summed E-state index contributed by atoms with van der Waals surface area (Å²) >= 11 is 8.03. The van der Waals surface area contributed by atoms with E-state index in [-0.39, 0.29) is 5.57 Å². The van der Waals surface area contributed by atoms with E-state index < -0.39 is 11.8 Å². The summed E-state index contributed by atoms with van der Waals surface area (Å²) in [6.07, 6.45) is 2.21. The predicted octanol–water partition coefficient (Wildman–Crippen LogP) is 5.26. The molecular formula is C26H22ClIN2O5. The van der Waals surface area contributed by atoms with E-state index in [9.17, 15) is 9.59 Å². The van der Waals surface area contributed by atoms with Gasteiger partial charge in [-0.05, 0) is 82.8 Å². The van der Waals surface area contributed by atoms with Crippen LogP contribution in [0.4, 0.5) is 5.69 Å². The number of halogens is 2. The van der Waals surface area contributed by atoms with Crippen LogP contribution < -0.4 is 24.6 Å². The molecular weight excluding hydrogens is 583 g/mol. The van der Waals surface area contributed by atoms with E-state index in [2.05, 4.69) is 28.0 Å². The second kappa shape index (κ2) is 11.5. The Bertz CT molecular complexity index is 1250. The minimum absolute atomic E-state index is 0.0414. The Balaban J connectivity index is 1.41. The molecule has 3 aromatic carbocycles. The molecule has 1 saturated heterocycles. The van der Waals surface area contributed by atoms with E-state index in [4.69, 9.17) is 25.8 Å². The summed E-state index contributed by atoms with van der Waals surface area (Å²) in [5.74, 6) is 0.961. The molecule has 1 heterocycles. The van der Waals surface area contributed by atoms with Crippen LogP contribution in [0.3, 0.4) is 0 Å². The van der Waals surface area contributed by atoms with E-state index in [0.29, 0.717) is 47.4 Å². The summed E-state index contributed by atoms with van der Waals surface area (Å²) < 4.78 is 17.9. The smallest absolute Gasteiger partial charge is 0.282 e. The molecule has 0 aromatic heterocycles. The SMILES string of the molecule is COc1cc(/C=C2\C(=O)NN(c3ccccc3)C2=O)cc(I)c1OCCCOc1ccc(Cl)cc1. The second-order valence-electron chi connectivity index (χ2n) is 7.51. The zero-order valence-corrected chi connectivity index (χ0v) is 21.7. The van der Waals surface area contributed by atoms with Crippen LogP contribution in [0, 0.1) is 3.57 Å². The van der Waals surface area contributed by atoms with Gasteiger partial charge in [-0.2, -0.15) is 0 Å². The summed E-state index contributed by atoms with van der Waals surface area (Å²) in [5, 5.41) is 1.90. The Hall–Kier alpha value is -3.24. The quantitative estimate of drug-likeness (QED) is 0.156. The topological polar surface area (TPSA) is 77.1 Å². The first-order chi connectivity index (χ1) is 17.0. The molecule has 35 heavy (non-hydrogen) atoms. The normalized spacial score (nSPS) is 14.3. The van der Waals surface area contributed by atoms with E-state index in [1.54, 1.807) is 55.7 Å². The number of nitrogens with one attached hydrogen (secondary N) is 1. The molecule has 180 valence electrons. The summed E-state index contributed by atoms with van der Waals surface area (Å²) in [5.41, 5.74) is 3.88. The van der Waals surface area contributed by atoms with Gasteiger partial charge in [0, 0.05) is 11.4 Å². The molecule has 9 heteroatoms. The summed E-state index contributed by atoms with van der Waals surface area (Å²) in [7, 11) is 1.55. The van der Waals surface area contributed by atoms with Crippen molar-refractivity contribution in [3.8, 4) is 17.2 Å². The third-order valence-electron chi connectivity index (χ3n) is 5.09. The average molecular weight is 605 g/mol. The van der Waals surface area contributed by atoms with Crippen LogP contribution >= 0.6 is 34.2 Å². The fourth-order valence-electron chi connectivity index (χ4n) is 3.40. The molecule has 0 bridgehead atoms.